The molecule has 0 fully saturated rings. The number of rotatable bonds is 3. The van der Waals surface area contributed by atoms with Gasteiger partial charge in [0.05, 0.1) is 0 Å². The van der Waals surface area contributed by atoms with E-state index in [0.717, 1.165) is 16.9 Å². The number of hydrogen-bond acceptors (Lipinski definition) is 2. The summed E-state index contributed by atoms with van der Waals surface area (Å²) in [6.45, 7) is 2.82. The van der Waals surface area contributed by atoms with Crippen LogP contribution in [-0.2, 0) is 0 Å². The summed E-state index contributed by atoms with van der Waals surface area (Å²) < 4.78 is 6.15. The van der Waals surface area contributed by atoms with Crippen molar-refractivity contribution in [1.82, 2.24) is 0 Å². The van der Waals surface area contributed by atoms with Gasteiger partial charge in [0.15, 0.2) is 4.67 Å². The molecule has 1 heterocycles. The van der Waals surface area contributed by atoms with Gasteiger partial charge in [0.1, 0.15) is 5.76 Å². The van der Waals surface area contributed by atoms with Crippen LogP contribution in [0.3, 0.4) is 0 Å². The molecule has 62 valence electrons. The normalized spacial score (nSPS) is 13.4. The lowest BCUT2D eigenvalue weighted by Crippen LogP contribution is -2.03. The van der Waals surface area contributed by atoms with Gasteiger partial charge in [0.2, 0.25) is 0 Å². The number of furan rings is 1. The first-order chi connectivity index (χ1) is 5.24. The first-order valence-corrected chi connectivity index (χ1v) is 4.48. The molecule has 0 amide bonds. The fraction of sp³-hybridized carbons (Fsp3) is 0.500. The highest BCUT2D eigenvalue weighted by atomic mass is 79.9. The van der Waals surface area contributed by atoms with Crippen molar-refractivity contribution in [3.8, 4) is 0 Å². The molecule has 1 unspecified atom stereocenters. The molecule has 1 aromatic rings. The molecule has 2 N–H and O–H groups in total. The second-order valence-electron chi connectivity index (χ2n) is 2.62. The van der Waals surface area contributed by atoms with Gasteiger partial charge in [-0.25, -0.2) is 0 Å². The van der Waals surface area contributed by atoms with Crippen LogP contribution in [0.25, 0.3) is 0 Å². The SMILES string of the molecule is CC(CCN)c1ccc(Br)o1. The van der Waals surface area contributed by atoms with E-state index in [1.807, 2.05) is 12.1 Å². The van der Waals surface area contributed by atoms with Crippen molar-refractivity contribution < 1.29 is 4.42 Å². The molecule has 0 aliphatic carbocycles. The van der Waals surface area contributed by atoms with Crippen LogP contribution in [-0.4, -0.2) is 6.54 Å². The summed E-state index contributed by atoms with van der Waals surface area (Å²) in [6.07, 6.45) is 0.972. The Labute approximate surface area is 74.9 Å². The van der Waals surface area contributed by atoms with Crippen LogP contribution in [0.1, 0.15) is 25.0 Å². The van der Waals surface area contributed by atoms with Crippen LogP contribution in [0.4, 0.5) is 0 Å². The van der Waals surface area contributed by atoms with E-state index in [9.17, 15) is 0 Å². The maximum atomic E-state index is 5.42. The van der Waals surface area contributed by atoms with Crippen molar-refractivity contribution in [2.24, 2.45) is 5.73 Å². The molecule has 0 radical (unpaired) electrons. The van der Waals surface area contributed by atoms with Gasteiger partial charge in [-0.05, 0) is 41.0 Å². The average Bonchev–Trinajstić information content (AvgIpc) is 2.36. The van der Waals surface area contributed by atoms with Crippen LogP contribution >= 0.6 is 15.9 Å². The van der Waals surface area contributed by atoms with E-state index in [1.54, 1.807) is 0 Å². The first kappa shape index (κ1) is 8.81. The summed E-state index contributed by atoms with van der Waals surface area (Å²) in [7, 11) is 0. The molecule has 0 aliphatic rings. The predicted molar refractivity (Wildman–Crippen MR) is 48.5 cm³/mol. The molecule has 3 heteroatoms. The lowest BCUT2D eigenvalue weighted by Gasteiger charge is -2.04. The van der Waals surface area contributed by atoms with Crippen molar-refractivity contribution in [1.29, 1.82) is 0 Å². The molecule has 2 nitrogen and oxygen atoms in total. The molecule has 1 rings (SSSR count). The zero-order valence-corrected chi connectivity index (χ0v) is 8.10. The fourth-order valence-electron chi connectivity index (χ4n) is 0.985. The van der Waals surface area contributed by atoms with Crippen LogP contribution in [0.5, 0.6) is 0 Å². The summed E-state index contributed by atoms with van der Waals surface area (Å²) in [5.74, 6) is 1.42. The van der Waals surface area contributed by atoms with E-state index in [-0.39, 0.29) is 0 Å². The average molecular weight is 218 g/mol. The van der Waals surface area contributed by atoms with Crippen LogP contribution < -0.4 is 5.73 Å². The van der Waals surface area contributed by atoms with Crippen molar-refractivity contribution in [3.05, 3.63) is 22.6 Å². The van der Waals surface area contributed by atoms with Crippen LogP contribution in [0.2, 0.25) is 0 Å². The fourth-order valence-corrected chi connectivity index (χ4v) is 1.30. The van der Waals surface area contributed by atoms with Crippen molar-refractivity contribution >= 4 is 15.9 Å². The number of hydrogen-bond donors (Lipinski definition) is 1. The van der Waals surface area contributed by atoms with Gasteiger partial charge < -0.3 is 10.2 Å². The Kier molecular flexibility index (Phi) is 3.15. The van der Waals surface area contributed by atoms with Crippen LogP contribution in [0, 0.1) is 0 Å². The van der Waals surface area contributed by atoms with Crippen molar-refractivity contribution in [3.63, 3.8) is 0 Å². The molecule has 0 aliphatic heterocycles. The third-order valence-electron chi connectivity index (χ3n) is 1.68. The predicted octanol–water partition coefficient (Wildman–Crippen LogP) is 2.49. The lowest BCUT2D eigenvalue weighted by molar-refractivity contribution is 0.448. The van der Waals surface area contributed by atoms with E-state index < -0.39 is 0 Å². The van der Waals surface area contributed by atoms with E-state index >= 15 is 0 Å². The van der Waals surface area contributed by atoms with Gasteiger partial charge in [-0.2, -0.15) is 0 Å². The Hall–Kier alpha value is -0.280. The summed E-state index contributed by atoms with van der Waals surface area (Å²) in [5.41, 5.74) is 5.42. The Morgan fingerprint density at radius 2 is 2.36 bits per heavy atom. The second kappa shape index (κ2) is 3.93. The zero-order valence-electron chi connectivity index (χ0n) is 6.51. The standard InChI is InChI=1S/C8H12BrNO/c1-6(4-5-10)7-2-3-8(9)11-7/h2-3,6H,4-5,10H2,1H3. The molecule has 0 bridgehead atoms. The smallest absolute Gasteiger partial charge is 0.169 e. The molecule has 11 heavy (non-hydrogen) atoms. The minimum Gasteiger partial charge on any atom is -0.454 e. The monoisotopic (exact) mass is 217 g/mol. The van der Waals surface area contributed by atoms with Gasteiger partial charge in [-0.1, -0.05) is 6.92 Å². The van der Waals surface area contributed by atoms with E-state index in [1.165, 1.54) is 0 Å². The Morgan fingerprint density at radius 3 is 2.82 bits per heavy atom. The van der Waals surface area contributed by atoms with Gasteiger partial charge in [0, 0.05) is 5.92 Å². The lowest BCUT2D eigenvalue weighted by atomic mass is 10.1. The van der Waals surface area contributed by atoms with Crippen LogP contribution in [0.15, 0.2) is 21.2 Å². The summed E-state index contributed by atoms with van der Waals surface area (Å²) in [5, 5.41) is 0. The molecular formula is C8H12BrNO. The van der Waals surface area contributed by atoms with Gasteiger partial charge in [0.25, 0.3) is 0 Å². The van der Waals surface area contributed by atoms with Gasteiger partial charge in [-0.15, -0.1) is 0 Å². The first-order valence-electron chi connectivity index (χ1n) is 3.69. The zero-order chi connectivity index (χ0) is 8.27. The molecule has 1 aromatic heterocycles. The Bertz CT molecular complexity index is 222. The van der Waals surface area contributed by atoms with Crippen molar-refractivity contribution in [2.75, 3.05) is 6.54 Å². The molecule has 0 saturated heterocycles. The third-order valence-corrected chi connectivity index (χ3v) is 2.11. The largest absolute Gasteiger partial charge is 0.454 e. The number of nitrogens with two attached hydrogens (primary N) is 1. The quantitative estimate of drug-likeness (QED) is 0.846. The highest BCUT2D eigenvalue weighted by Crippen LogP contribution is 2.23. The molecule has 0 spiro atoms. The van der Waals surface area contributed by atoms with E-state index in [4.69, 9.17) is 10.2 Å². The maximum absolute atomic E-state index is 5.42. The Balaban J connectivity index is 2.60. The highest BCUT2D eigenvalue weighted by molar-refractivity contribution is 9.10. The molecule has 0 saturated carbocycles. The van der Waals surface area contributed by atoms with Crippen molar-refractivity contribution in [2.45, 2.75) is 19.3 Å². The molecule has 0 aromatic carbocycles. The van der Waals surface area contributed by atoms with E-state index in [2.05, 4.69) is 22.9 Å². The minimum absolute atomic E-state index is 0.422. The molecular weight excluding hydrogens is 206 g/mol. The highest BCUT2D eigenvalue weighted by Gasteiger charge is 2.07. The maximum Gasteiger partial charge on any atom is 0.169 e. The van der Waals surface area contributed by atoms with E-state index in [0.29, 0.717) is 12.5 Å². The third kappa shape index (κ3) is 2.34. The summed E-state index contributed by atoms with van der Waals surface area (Å²) in [6, 6.07) is 3.88. The Morgan fingerprint density at radius 1 is 1.64 bits per heavy atom. The molecule has 1 atom stereocenters. The second-order valence-corrected chi connectivity index (χ2v) is 3.40. The minimum atomic E-state index is 0.422. The number of halogens is 1. The topological polar surface area (TPSA) is 39.2 Å². The summed E-state index contributed by atoms with van der Waals surface area (Å²) >= 11 is 3.25. The van der Waals surface area contributed by atoms with Gasteiger partial charge >= 0.3 is 0 Å². The van der Waals surface area contributed by atoms with Gasteiger partial charge in [-0.3, -0.25) is 0 Å². The summed E-state index contributed by atoms with van der Waals surface area (Å²) in [4.78, 5) is 0.